The van der Waals surface area contributed by atoms with Crippen LogP contribution in [-0.2, 0) is 11.2 Å². The predicted molar refractivity (Wildman–Crippen MR) is 117 cm³/mol. The lowest BCUT2D eigenvalue weighted by Crippen LogP contribution is -2.14. The highest BCUT2D eigenvalue weighted by Crippen LogP contribution is 2.41. The summed E-state index contributed by atoms with van der Waals surface area (Å²) >= 11 is 7.92. The standard InChI is InChI=1S/C23H20ClNO4S/c1-13(26)21-7-8-22(30-21)15-9-16-10-19(29-23(16)20(24)11-15)6-5-18(27)4-3-17-12-28-14(2)25-17/h3-4,7-9,11-12,19H,5-6,10H2,1-2H3/b4-3+. The molecule has 5 nitrogen and oxygen atoms in total. The minimum atomic E-state index is -0.0875. The Kier molecular flexibility index (Phi) is 5.88. The van der Waals surface area contributed by atoms with E-state index in [-0.39, 0.29) is 17.7 Å². The molecule has 1 atom stereocenters. The van der Waals surface area contributed by atoms with Crippen LogP contribution in [0.15, 0.2) is 41.0 Å². The maximum absolute atomic E-state index is 12.2. The lowest BCUT2D eigenvalue weighted by molar-refractivity contribution is -0.115. The molecule has 1 aliphatic rings. The van der Waals surface area contributed by atoms with Crippen LogP contribution in [0.2, 0.25) is 5.02 Å². The quantitative estimate of drug-likeness (QED) is 0.335. The van der Waals surface area contributed by atoms with E-state index < -0.39 is 0 Å². The van der Waals surface area contributed by atoms with Gasteiger partial charge in [-0.25, -0.2) is 4.98 Å². The summed E-state index contributed by atoms with van der Waals surface area (Å²) in [5, 5.41) is 0.551. The molecule has 0 bridgehead atoms. The second-order valence-corrected chi connectivity index (χ2v) is 8.73. The summed E-state index contributed by atoms with van der Waals surface area (Å²) in [6, 6.07) is 7.70. The van der Waals surface area contributed by atoms with Gasteiger partial charge in [-0.3, -0.25) is 9.59 Å². The maximum Gasteiger partial charge on any atom is 0.191 e. The third kappa shape index (κ3) is 4.55. The molecule has 4 rings (SSSR count). The van der Waals surface area contributed by atoms with Crippen LogP contribution in [0.25, 0.3) is 16.5 Å². The smallest absolute Gasteiger partial charge is 0.191 e. The number of benzene rings is 1. The van der Waals surface area contributed by atoms with E-state index in [1.54, 1.807) is 19.9 Å². The number of Topliss-reactive ketones (excluding diaryl/α,β-unsaturated/α-hetero) is 1. The van der Waals surface area contributed by atoms with E-state index in [9.17, 15) is 9.59 Å². The van der Waals surface area contributed by atoms with Gasteiger partial charge in [0.2, 0.25) is 0 Å². The Labute approximate surface area is 183 Å². The van der Waals surface area contributed by atoms with Crippen molar-refractivity contribution in [1.29, 1.82) is 0 Å². The molecule has 0 fully saturated rings. The molecule has 1 unspecified atom stereocenters. The number of nitrogens with zero attached hydrogens (tertiary/aromatic N) is 1. The van der Waals surface area contributed by atoms with Crippen molar-refractivity contribution in [2.75, 3.05) is 0 Å². The molecule has 0 aliphatic carbocycles. The van der Waals surface area contributed by atoms with Crippen LogP contribution in [0.4, 0.5) is 0 Å². The number of aromatic nitrogens is 1. The number of thiophene rings is 1. The fourth-order valence-electron chi connectivity index (χ4n) is 3.39. The SMILES string of the molecule is CC(=O)c1ccc(-c2cc(Cl)c3c(c2)CC(CCC(=O)/C=C/c2coc(C)n2)O3)s1. The first-order chi connectivity index (χ1) is 14.4. The summed E-state index contributed by atoms with van der Waals surface area (Å²) in [6.45, 7) is 3.32. The van der Waals surface area contributed by atoms with E-state index in [0.717, 1.165) is 20.9 Å². The summed E-state index contributed by atoms with van der Waals surface area (Å²) in [5.41, 5.74) is 2.63. The maximum atomic E-state index is 12.2. The van der Waals surface area contributed by atoms with Gasteiger partial charge in [0.15, 0.2) is 17.5 Å². The van der Waals surface area contributed by atoms with Crippen LogP contribution in [0.1, 0.15) is 46.6 Å². The summed E-state index contributed by atoms with van der Waals surface area (Å²) < 4.78 is 11.1. The van der Waals surface area contributed by atoms with Crippen molar-refractivity contribution in [2.45, 2.75) is 39.2 Å². The van der Waals surface area contributed by atoms with E-state index in [0.29, 0.717) is 41.6 Å². The summed E-state index contributed by atoms with van der Waals surface area (Å²) in [7, 11) is 0. The van der Waals surface area contributed by atoms with E-state index in [1.165, 1.54) is 23.7 Å². The predicted octanol–water partition coefficient (Wildman–Crippen LogP) is 5.93. The van der Waals surface area contributed by atoms with Gasteiger partial charge in [0.25, 0.3) is 0 Å². The van der Waals surface area contributed by atoms with Crippen molar-refractivity contribution in [3.05, 3.63) is 63.7 Å². The van der Waals surface area contributed by atoms with Crippen molar-refractivity contribution in [2.24, 2.45) is 0 Å². The lowest BCUT2D eigenvalue weighted by atomic mass is 10.0. The average molecular weight is 442 g/mol. The number of carbonyl (C=O) groups is 2. The molecule has 1 aromatic carbocycles. The molecule has 0 saturated carbocycles. The number of aryl methyl sites for hydroxylation is 1. The summed E-state index contributed by atoms with van der Waals surface area (Å²) in [6.07, 6.45) is 6.29. The zero-order valence-corrected chi connectivity index (χ0v) is 18.2. The fourth-order valence-corrected chi connectivity index (χ4v) is 4.57. The second kappa shape index (κ2) is 8.58. The molecule has 0 amide bonds. The lowest BCUT2D eigenvalue weighted by Gasteiger charge is -2.10. The molecular formula is C23H20ClNO4S. The molecule has 0 spiro atoms. The number of oxazole rings is 1. The summed E-state index contributed by atoms with van der Waals surface area (Å²) in [5.74, 6) is 1.32. The topological polar surface area (TPSA) is 69.4 Å². The molecule has 0 N–H and O–H groups in total. The first-order valence-corrected chi connectivity index (χ1v) is 10.8. The van der Waals surface area contributed by atoms with Crippen molar-refractivity contribution >= 4 is 40.6 Å². The van der Waals surface area contributed by atoms with Gasteiger partial charge in [0.1, 0.15) is 23.8 Å². The van der Waals surface area contributed by atoms with Gasteiger partial charge in [-0.05, 0) is 55.3 Å². The van der Waals surface area contributed by atoms with Crippen LogP contribution in [0.5, 0.6) is 5.75 Å². The first-order valence-electron chi connectivity index (χ1n) is 9.62. The van der Waals surface area contributed by atoms with E-state index in [4.69, 9.17) is 20.8 Å². The minimum Gasteiger partial charge on any atom is -0.488 e. The number of carbonyl (C=O) groups excluding carboxylic acids is 2. The van der Waals surface area contributed by atoms with Gasteiger partial charge in [-0.15, -0.1) is 11.3 Å². The minimum absolute atomic E-state index is 0.0114. The highest BCUT2D eigenvalue weighted by atomic mass is 35.5. The number of hydrogen-bond acceptors (Lipinski definition) is 6. The normalized spacial score (nSPS) is 15.4. The second-order valence-electron chi connectivity index (χ2n) is 7.24. The van der Waals surface area contributed by atoms with Crippen LogP contribution < -0.4 is 4.74 Å². The van der Waals surface area contributed by atoms with Gasteiger partial charge in [-0.2, -0.15) is 0 Å². The number of rotatable bonds is 7. The zero-order chi connectivity index (χ0) is 21.3. The third-order valence-corrected chi connectivity index (χ3v) is 6.40. The number of ketones is 2. The zero-order valence-electron chi connectivity index (χ0n) is 16.6. The monoisotopic (exact) mass is 441 g/mol. The van der Waals surface area contributed by atoms with Crippen LogP contribution >= 0.6 is 22.9 Å². The van der Waals surface area contributed by atoms with Crippen molar-refractivity contribution in [1.82, 2.24) is 4.98 Å². The Morgan fingerprint density at radius 3 is 2.87 bits per heavy atom. The molecule has 0 saturated heterocycles. The van der Waals surface area contributed by atoms with Crippen LogP contribution in [0, 0.1) is 6.92 Å². The first kappa shape index (κ1) is 20.6. The van der Waals surface area contributed by atoms with Gasteiger partial charge in [-0.1, -0.05) is 11.6 Å². The van der Waals surface area contributed by atoms with Gasteiger partial charge in [0.05, 0.1) is 9.90 Å². The number of ether oxygens (including phenoxy) is 1. The summed E-state index contributed by atoms with van der Waals surface area (Å²) in [4.78, 5) is 29.6. The Balaban J connectivity index is 1.39. The van der Waals surface area contributed by atoms with E-state index >= 15 is 0 Å². The molecule has 0 radical (unpaired) electrons. The molecule has 154 valence electrons. The number of allylic oxidation sites excluding steroid dienone is 1. The van der Waals surface area contributed by atoms with Crippen LogP contribution in [0.3, 0.4) is 0 Å². The Bertz CT molecular complexity index is 1140. The van der Waals surface area contributed by atoms with Crippen molar-refractivity contribution in [3.8, 4) is 16.2 Å². The molecule has 7 heteroatoms. The van der Waals surface area contributed by atoms with Gasteiger partial charge >= 0.3 is 0 Å². The number of halogens is 1. The van der Waals surface area contributed by atoms with Crippen LogP contribution in [-0.4, -0.2) is 22.7 Å². The van der Waals surface area contributed by atoms with Crippen molar-refractivity contribution in [3.63, 3.8) is 0 Å². The average Bonchev–Trinajstić information content (AvgIpc) is 3.43. The van der Waals surface area contributed by atoms with E-state index in [2.05, 4.69) is 11.1 Å². The number of hydrogen-bond donors (Lipinski definition) is 0. The number of fused-ring (bicyclic) bond motifs is 1. The van der Waals surface area contributed by atoms with E-state index in [1.807, 2.05) is 18.2 Å². The Hall–Kier alpha value is -2.70. The highest BCUT2D eigenvalue weighted by molar-refractivity contribution is 7.17. The highest BCUT2D eigenvalue weighted by Gasteiger charge is 2.26. The third-order valence-electron chi connectivity index (χ3n) is 4.88. The molecule has 3 aromatic rings. The van der Waals surface area contributed by atoms with Gasteiger partial charge < -0.3 is 9.15 Å². The molecular weight excluding hydrogens is 422 g/mol. The van der Waals surface area contributed by atoms with Crippen molar-refractivity contribution < 1.29 is 18.7 Å². The van der Waals surface area contributed by atoms with Gasteiger partial charge in [0, 0.05) is 30.2 Å². The Morgan fingerprint density at radius 2 is 2.17 bits per heavy atom. The largest absolute Gasteiger partial charge is 0.488 e. The molecule has 2 aromatic heterocycles. The molecule has 3 heterocycles. The fraction of sp³-hybridized carbons (Fsp3) is 0.261. The molecule has 1 aliphatic heterocycles. The Morgan fingerprint density at radius 1 is 1.33 bits per heavy atom. The molecule has 30 heavy (non-hydrogen) atoms.